The Bertz CT molecular complexity index is 133. The van der Waals surface area contributed by atoms with Crippen molar-refractivity contribution in [2.45, 2.75) is 78.6 Å². The van der Waals surface area contributed by atoms with Crippen LogP contribution in [-0.2, 0) is 0 Å². The fourth-order valence-electron chi connectivity index (χ4n) is 2.23. The number of aliphatic hydroxyl groups excluding tert-OH is 1. The van der Waals surface area contributed by atoms with Crippen LogP contribution in [0.2, 0.25) is 0 Å². The maximum atomic E-state index is 9.31. The summed E-state index contributed by atoms with van der Waals surface area (Å²) >= 11 is 0. The van der Waals surface area contributed by atoms with Crippen molar-refractivity contribution in [1.82, 2.24) is 0 Å². The molecule has 0 aliphatic heterocycles. The van der Waals surface area contributed by atoms with Crippen molar-refractivity contribution in [3.63, 3.8) is 0 Å². The topological polar surface area (TPSA) is 20.2 Å². The Labute approximate surface area is 103 Å². The lowest BCUT2D eigenvalue weighted by Gasteiger charge is -2.17. The lowest BCUT2D eigenvalue weighted by atomic mass is 9.91. The summed E-state index contributed by atoms with van der Waals surface area (Å²) in [6, 6.07) is 0. The van der Waals surface area contributed by atoms with Crippen LogP contribution >= 0.6 is 0 Å². The highest BCUT2D eigenvalue weighted by Crippen LogP contribution is 2.21. The molecule has 98 valence electrons. The summed E-state index contributed by atoms with van der Waals surface area (Å²) in [5.41, 5.74) is 0. The zero-order valence-electron chi connectivity index (χ0n) is 11.7. The molecule has 2 atom stereocenters. The SMILES string of the molecule is CCCCCC(CO)CCC(C)CCCC. The van der Waals surface area contributed by atoms with Gasteiger partial charge in [0.2, 0.25) is 0 Å². The van der Waals surface area contributed by atoms with Crippen molar-refractivity contribution in [3.05, 3.63) is 0 Å². The molecule has 2 unspecified atom stereocenters. The third kappa shape index (κ3) is 9.21. The van der Waals surface area contributed by atoms with E-state index < -0.39 is 0 Å². The van der Waals surface area contributed by atoms with Gasteiger partial charge >= 0.3 is 0 Å². The molecular formula is C15H32O. The first-order chi connectivity index (χ1) is 7.74. The molecule has 0 radical (unpaired) electrons. The minimum Gasteiger partial charge on any atom is -0.396 e. The lowest BCUT2D eigenvalue weighted by Crippen LogP contribution is -2.08. The highest BCUT2D eigenvalue weighted by Gasteiger charge is 2.09. The Morgan fingerprint density at radius 3 is 2.06 bits per heavy atom. The van der Waals surface area contributed by atoms with Gasteiger partial charge in [0.05, 0.1) is 0 Å². The second-order valence-electron chi connectivity index (χ2n) is 5.37. The number of unbranched alkanes of at least 4 members (excludes halogenated alkanes) is 3. The molecule has 1 nitrogen and oxygen atoms in total. The van der Waals surface area contributed by atoms with Crippen LogP contribution in [0.4, 0.5) is 0 Å². The van der Waals surface area contributed by atoms with Gasteiger partial charge in [-0.05, 0) is 24.7 Å². The molecule has 0 fully saturated rings. The monoisotopic (exact) mass is 228 g/mol. The van der Waals surface area contributed by atoms with Crippen molar-refractivity contribution in [1.29, 1.82) is 0 Å². The largest absolute Gasteiger partial charge is 0.396 e. The first-order valence-electron chi connectivity index (χ1n) is 7.35. The summed E-state index contributed by atoms with van der Waals surface area (Å²) in [6.45, 7) is 7.25. The molecule has 16 heavy (non-hydrogen) atoms. The average Bonchev–Trinajstić information content (AvgIpc) is 2.31. The summed E-state index contributed by atoms with van der Waals surface area (Å²) in [7, 11) is 0. The molecule has 0 aromatic carbocycles. The van der Waals surface area contributed by atoms with Crippen LogP contribution in [0.3, 0.4) is 0 Å². The van der Waals surface area contributed by atoms with Gasteiger partial charge < -0.3 is 5.11 Å². The van der Waals surface area contributed by atoms with Crippen molar-refractivity contribution in [3.8, 4) is 0 Å². The highest BCUT2D eigenvalue weighted by atomic mass is 16.3. The Morgan fingerprint density at radius 1 is 0.812 bits per heavy atom. The minimum absolute atomic E-state index is 0.393. The van der Waals surface area contributed by atoms with Crippen LogP contribution in [0.1, 0.15) is 78.6 Å². The van der Waals surface area contributed by atoms with E-state index in [0.717, 1.165) is 5.92 Å². The van der Waals surface area contributed by atoms with Gasteiger partial charge in [0.25, 0.3) is 0 Å². The molecule has 0 heterocycles. The first-order valence-corrected chi connectivity index (χ1v) is 7.35. The summed E-state index contributed by atoms with van der Waals surface area (Å²) in [5, 5.41) is 9.31. The lowest BCUT2D eigenvalue weighted by molar-refractivity contribution is 0.199. The molecule has 0 saturated heterocycles. The zero-order valence-corrected chi connectivity index (χ0v) is 11.7. The van der Waals surface area contributed by atoms with Crippen molar-refractivity contribution in [2.75, 3.05) is 6.61 Å². The number of rotatable bonds is 11. The van der Waals surface area contributed by atoms with Crippen LogP contribution in [0, 0.1) is 11.8 Å². The van der Waals surface area contributed by atoms with Gasteiger partial charge in [-0.25, -0.2) is 0 Å². The summed E-state index contributed by atoms with van der Waals surface area (Å²) in [4.78, 5) is 0. The van der Waals surface area contributed by atoms with E-state index in [0.29, 0.717) is 12.5 Å². The molecular weight excluding hydrogens is 196 g/mol. The maximum absolute atomic E-state index is 9.31. The van der Waals surface area contributed by atoms with Gasteiger partial charge in [0, 0.05) is 6.61 Å². The Balaban J connectivity index is 3.52. The van der Waals surface area contributed by atoms with Crippen LogP contribution in [0.25, 0.3) is 0 Å². The molecule has 0 aromatic rings. The predicted molar refractivity (Wildman–Crippen MR) is 72.6 cm³/mol. The van der Waals surface area contributed by atoms with Gasteiger partial charge in [0.1, 0.15) is 0 Å². The van der Waals surface area contributed by atoms with Gasteiger partial charge in [0.15, 0.2) is 0 Å². The fourth-order valence-corrected chi connectivity index (χ4v) is 2.23. The molecule has 1 N–H and O–H groups in total. The first kappa shape index (κ1) is 16.0. The molecule has 0 rings (SSSR count). The third-order valence-electron chi connectivity index (χ3n) is 3.59. The Hall–Kier alpha value is -0.0400. The van der Waals surface area contributed by atoms with Crippen LogP contribution in [0.15, 0.2) is 0 Å². The molecule has 1 heteroatoms. The van der Waals surface area contributed by atoms with Gasteiger partial charge in [-0.2, -0.15) is 0 Å². The molecule has 0 saturated carbocycles. The summed E-state index contributed by atoms with van der Waals surface area (Å²) in [5.74, 6) is 1.41. The normalized spacial score (nSPS) is 15.0. The van der Waals surface area contributed by atoms with Crippen LogP contribution in [-0.4, -0.2) is 11.7 Å². The Morgan fingerprint density at radius 2 is 1.50 bits per heavy atom. The summed E-state index contributed by atoms with van der Waals surface area (Å²) < 4.78 is 0. The number of hydrogen-bond donors (Lipinski definition) is 1. The molecule has 0 aromatic heterocycles. The van der Waals surface area contributed by atoms with Crippen molar-refractivity contribution < 1.29 is 5.11 Å². The van der Waals surface area contributed by atoms with Crippen molar-refractivity contribution in [2.24, 2.45) is 11.8 Å². The molecule has 0 amide bonds. The Kier molecular flexibility index (Phi) is 11.4. The second kappa shape index (κ2) is 11.4. The van der Waals surface area contributed by atoms with E-state index in [1.54, 1.807) is 0 Å². The van der Waals surface area contributed by atoms with E-state index >= 15 is 0 Å². The number of aliphatic hydroxyl groups is 1. The van der Waals surface area contributed by atoms with E-state index in [2.05, 4.69) is 20.8 Å². The standard InChI is InChI=1S/C15H32O/c1-4-6-8-10-15(13-16)12-11-14(3)9-7-5-2/h14-16H,4-13H2,1-3H3. The maximum Gasteiger partial charge on any atom is 0.0459 e. The quantitative estimate of drug-likeness (QED) is 0.504. The van der Waals surface area contributed by atoms with Crippen LogP contribution in [0.5, 0.6) is 0 Å². The molecule has 0 bridgehead atoms. The van der Waals surface area contributed by atoms with Gasteiger partial charge in [-0.15, -0.1) is 0 Å². The van der Waals surface area contributed by atoms with Gasteiger partial charge in [-0.3, -0.25) is 0 Å². The van der Waals surface area contributed by atoms with Gasteiger partial charge in [-0.1, -0.05) is 65.7 Å². The smallest absolute Gasteiger partial charge is 0.0459 e. The average molecular weight is 228 g/mol. The fraction of sp³-hybridized carbons (Fsp3) is 1.00. The van der Waals surface area contributed by atoms with Crippen molar-refractivity contribution >= 4 is 0 Å². The third-order valence-corrected chi connectivity index (χ3v) is 3.59. The van der Waals surface area contributed by atoms with E-state index in [-0.39, 0.29) is 0 Å². The number of hydrogen-bond acceptors (Lipinski definition) is 1. The van der Waals surface area contributed by atoms with E-state index in [4.69, 9.17) is 0 Å². The highest BCUT2D eigenvalue weighted by molar-refractivity contribution is 4.62. The second-order valence-corrected chi connectivity index (χ2v) is 5.37. The van der Waals surface area contributed by atoms with E-state index in [1.807, 2.05) is 0 Å². The van der Waals surface area contributed by atoms with E-state index in [1.165, 1.54) is 57.8 Å². The predicted octanol–water partition coefficient (Wildman–Crippen LogP) is 4.78. The summed E-state index contributed by atoms with van der Waals surface area (Å²) in [6.07, 6.45) is 11.7. The van der Waals surface area contributed by atoms with E-state index in [9.17, 15) is 5.11 Å². The minimum atomic E-state index is 0.393. The molecule has 0 aliphatic rings. The van der Waals surface area contributed by atoms with Crippen LogP contribution < -0.4 is 0 Å². The molecule has 0 spiro atoms. The molecule has 0 aliphatic carbocycles. The zero-order chi connectivity index (χ0) is 12.2.